The minimum absolute atomic E-state index is 0.0973. The fraction of sp³-hybridized carbons (Fsp3) is 0.263. The number of nitrogens with zero attached hydrogens (tertiary/aromatic N) is 3. The van der Waals surface area contributed by atoms with Crippen LogP contribution in [0.15, 0.2) is 52.2 Å². The Hall–Kier alpha value is -2.54. The minimum Gasteiger partial charge on any atom is -0.268 e. The molecule has 9 heteroatoms. The highest BCUT2D eigenvalue weighted by Crippen LogP contribution is 2.30. The number of hydrogen-bond donors (Lipinski definition) is 0. The Morgan fingerprint density at radius 3 is 2.39 bits per heavy atom. The number of fused-ring (bicyclic) bond motifs is 1. The summed E-state index contributed by atoms with van der Waals surface area (Å²) in [5.74, 6) is -0.529. The average Bonchev–Trinajstić information content (AvgIpc) is 3.06. The molecule has 0 atom stereocenters. The van der Waals surface area contributed by atoms with Crippen molar-refractivity contribution in [3.05, 3.63) is 64.2 Å². The first kappa shape index (κ1) is 18.8. The van der Waals surface area contributed by atoms with E-state index in [-0.39, 0.29) is 35.0 Å². The first-order valence-electron chi connectivity index (χ1n) is 8.72. The van der Waals surface area contributed by atoms with Crippen molar-refractivity contribution in [2.24, 2.45) is 0 Å². The molecule has 0 radical (unpaired) electrons. The third-order valence-electron chi connectivity index (χ3n) is 4.96. The Balaban J connectivity index is 1.55. The van der Waals surface area contributed by atoms with Gasteiger partial charge in [0.15, 0.2) is 0 Å². The molecule has 1 fully saturated rings. The SMILES string of the molecule is N#Cc1ccc(S(=O)(=O)N2CCC(n3sc4cccc(F)c4c3=O)CC2)cc1. The lowest BCUT2D eigenvalue weighted by Crippen LogP contribution is -2.40. The lowest BCUT2D eigenvalue weighted by atomic mass is 10.1. The van der Waals surface area contributed by atoms with Gasteiger partial charge in [0.05, 0.1) is 32.7 Å². The molecule has 1 aromatic heterocycles. The van der Waals surface area contributed by atoms with Gasteiger partial charge in [0.25, 0.3) is 5.56 Å². The molecule has 1 aliphatic rings. The predicted molar refractivity (Wildman–Crippen MR) is 104 cm³/mol. The van der Waals surface area contributed by atoms with E-state index in [1.54, 1.807) is 16.1 Å². The van der Waals surface area contributed by atoms with E-state index in [4.69, 9.17) is 5.26 Å². The van der Waals surface area contributed by atoms with Gasteiger partial charge in [-0.2, -0.15) is 9.57 Å². The summed E-state index contributed by atoms with van der Waals surface area (Å²) in [6.45, 7) is 0.548. The van der Waals surface area contributed by atoms with Crippen LogP contribution in [0.5, 0.6) is 0 Å². The molecule has 1 saturated heterocycles. The number of halogens is 1. The highest BCUT2D eigenvalue weighted by molar-refractivity contribution is 7.89. The summed E-state index contributed by atoms with van der Waals surface area (Å²) >= 11 is 1.22. The van der Waals surface area contributed by atoms with Crippen molar-refractivity contribution in [1.82, 2.24) is 8.26 Å². The molecule has 0 saturated carbocycles. The number of aromatic nitrogens is 1. The lowest BCUT2D eigenvalue weighted by Gasteiger charge is -2.31. The Labute approximate surface area is 165 Å². The quantitative estimate of drug-likeness (QED) is 0.656. The predicted octanol–water partition coefficient (Wildman–Crippen LogP) is 3.10. The van der Waals surface area contributed by atoms with E-state index in [1.807, 2.05) is 6.07 Å². The molecule has 0 N–H and O–H groups in total. The van der Waals surface area contributed by atoms with Crippen molar-refractivity contribution in [2.45, 2.75) is 23.8 Å². The molecular formula is C19H16FN3O3S2. The van der Waals surface area contributed by atoms with E-state index in [2.05, 4.69) is 0 Å². The molecule has 0 unspecified atom stereocenters. The van der Waals surface area contributed by atoms with Gasteiger partial charge in [-0.15, -0.1) is 0 Å². The highest BCUT2D eigenvalue weighted by atomic mass is 32.2. The van der Waals surface area contributed by atoms with Crippen molar-refractivity contribution in [3.63, 3.8) is 0 Å². The van der Waals surface area contributed by atoms with Crippen molar-refractivity contribution in [2.75, 3.05) is 13.1 Å². The molecule has 144 valence electrons. The second-order valence-electron chi connectivity index (χ2n) is 6.61. The van der Waals surface area contributed by atoms with Gasteiger partial charge in [-0.1, -0.05) is 17.6 Å². The van der Waals surface area contributed by atoms with E-state index >= 15 is 0 Å². The fourth-order valence-electron chi connectivity index (χ4n) is 3.45. The van der Waals surface area contributed by atoms with Crippen molar-refractivity contribution < 1.29 is 12.8 Å². The van der Waals surface area contributed by atoms with Crippen LogP contribution in [0.3, 0.4) is 0 Å². The van der Waals surface area contributed by atoms with Crippen LogP contribution in [0.1, 0.15) is 24.4 Å². The molecule has 3 aromatic rings. The van der Waals surface area contributed by atoms with Crippen LogP contribution >= 0.6 is 11.5 Å². The van der Waals surface area contributed by atoms with Crippen molar-refractivity contribution in [1.29, 1.82) is 5.26 Å². The lowest BCUT2D eigenvalue weighted by molar-refractivity contribution is 0.280. The van der Waals surface area contributed by atoms with Crippen molar-refractivity contribution in [3.8, 4) is 6.07 Å². The average molecular weight is 417 g/mol. The highest BCUT2D eigenvalue weighted by Gasteiger charge is 2.31. The Morgan fingerprint density at radius 2 is 1.79 bits per heavy atom. The molecule has 28 heavy (non-hydrogen) atoms. The third kappa shape index (κ3) is 3.13. The molecule has 2 aromatic carbocycles. The summed E-state index contributed by atoms with van der Waals surface area (Å²) in [6, 6.07) is 12.2. The second kappa shape index (κ2) is 7.13. The first-order chi connectivity index (χ1) is 13.4. The molecular weight excluding hydrogens is 401 g/mol. The maximum Gasteiger partial charge on any atom is 0.271 e. The van der Waals surface area contributed by atoms with Gasteiger partial charge in [0.2, 0.25) is 10.0 Å². The largest absolute Gasteiger partial charge is 0.271 e. The van der Waals surface area contributed by atoms with Crippen molar-refractivity contribution >= 4 is 31.6 Å². The zero-order valence-electron chi connectivity index (χ0n) is 14.7. The van der Waals surface area contributed by atoms with Gasteiger partial charge in [0.1, 0.15) is 5.82 Å². The summed E-state index contributed by atoms with van der Waals surface area (Å²) in [4.78, 5) is 12.7. The Kier molecular flexibility index (Phi) is 4.79. The number of rotatable bonds is 3. The monoisotopic (exact) mass is 417 g/mol. The van der Waals surface area contributed by atoms with Gasteiger partial charge >= 0.3 is 0 Å². The molecule has 0 spiro atoms. The van der Waals surface area contributed by atoms with E-state index in [0.717, 1.165) is 0 Å². The summed E-state index contributed by atoms with van der Waals surface area (Å²) in [5, 5.41) is 8.95. The number of piperidine rings is 1. The van der Waals surface area contributed by atoms with Crippen LogP contribution < -0.4 is 5.56 Å². The standard InChI is InChI=1S/C19H16FN3O3S2/c20-16-2-1-3-17-18(16)19(24)23(27-17)14-8-10-22(11-9-14)28(25,26)15-6-4-13(12-21)5-7-15/h1-7,14H,8-11H2. The van der Waals surface area contributed by atoms with E-state index < -0.39 is 15.8 Å². The summed E-state index contributed by atoms with van der Waals surface area (Å²) in [6.07, 6.45) is 0.952. The molecule has 0 aliphatic carbocycles. The summed E-state index contributed by atoms with van der Waals surface area (Å²) < 4.78 is 43.1. The zero-order valence-corrected chi connectivity index (χ0v) is 16.3. The van der Waals surface area contributed by atoms with Crippen LogP contribution in [0.2, 0.25) is 0 Å². The number of hydrogen-bond acceptors (Lipinski definition) is 5. The van der Waals surface area contributed by atoms with Gasteiger partial charge in [-0.05, 0) is 49.2 Å². The Bertz CT molecular complexity index is 1230. The number of benzene rings is 2. The molecule has 4 rings (SSSR count). The third-order valence-corrected chi connectivity index (χ3v) is 8.07. The summed E-state index contributed by atoms with van der Waals surface area (Å²) in [7, 11) is -3.65. The summed E-state index contributed by atoms with van der Waals surface area (Å²) in [5.41, 5.74) is 0.0422. The molecule has 6 nitrogen and oxygen atoms in total. The van der Waals surface area contributed by atoms with E-state index in [1.165, 1.54) is 46.2 Å². The first-order valence-corrected chi connectivity index (χ1v) is 10.9. The number of sulfonamides is 1. The van der Waals surface area contributed by atoms with E-state index in [0.29, 0.717) is 23.1 Å². The topological polar surface area (TPSA) is 83.2 Å². The van der Waals surface area contributed by atoms with Crippen LogP contribution in [0.4, 0.5) is 4.39 Å². The van der Waals surface area contributed by atoms with Crippen LogP contribution in [0.25, 0.3) is 10.1 Å². The maximum atomic E-state index is 14.0. The van der Waals surface area contributed by atoms with Gasteiger partial charge in [-0.3, -0.25) is 8.75 Å². The fourth-order valence-corrected chi connectivity index (χ4v) is 6.08. The van der Waals surface area contributed by atoms with E-state index in [9.17, 15) is 17.6 Å². The molecule has 1 aliphatic heterocycles. The van der Waals surface area contributed by atoms with Crippen LogP contribution in [0, 0.1) is 17.1 Å². The normalized spacial score (nSPS) is 16.3. The second-order valence-corrected chi connectivity index (χ2v) is 9.56. The number of nitriles is 1. The molecule has 0 amide bonds. The van der Waals surface area contributed by atoms with Crippen LogP contribution in [-0.4, -0.2) is 29.8 Å². The zero-order chi connectivity index (χ0) is 19.9. The van der Waals surface area contributed by atoms with Gasteiger partial charge < -0.3 is 0 Å². The smallest absolute Gasteiger partial charge is 0.268 e. The maximum absolute atomic E-state index is 14.0. The van der Waals surface area contributed by atoms with Gasteiger partial charge in [0, 0.05) is 13.1 Å². The molecule has 2 heterocycles. The minimum atomic E-state index is -3.65. The molecule has 0 bridgehead atoms. The van der Waals surface area contributed by atoms with Crippen LogP contribution in [-0.2, 0) is 10.0 Å². The van der Waals surface area contributed by atoms with Gasteiger partial charge in [-0.25, -0.2) is 12.8 Å². The Morgan fingerprint density at radius 1 is 1.11 bits per heavy atom.